The molecule has 0 saturated heterocycles. The molecular formula is C21H30O4S. The third-order valence-corrected chi connectivity index (χ3v) is 5.96. The Bertz CT molecular complexity index is 579. The molecule has 3 N–H and O–H groups in total. The van der Waals surface area contributed by atoms with Gasteiger partial charge in [0.05, 0.1) is 12.2 Å². The lowest BCUT2D eigenvalue weighted by molar-refractivity contribution is -0.137. The Labute approximate surface area is 159 Å². The number of carboxylic acids is 1. The van der Waals surface area contributed by atoms with Crippen LogP contribution >= 0.6 is 11.3 Å². The summed E-state index contributed by atoms with van der Waals surface area (Å²) in [5.41, 5.74) is 0. The van der Waals surface area contributed by atoms with Crippen LogP contribution in [-0.4, -0.2) is 33.5 Å². The summed E-state index contributed by atoms with van der Waals surface area (Å²) in [6.07, 6.45) is 13.1. The van der Waals surface area contributed by atoms with Gasteiger partial charge >= 0.3 is 5.97 Å². The molecule has 0 bridgehead atoms. The number of unbranched alkanes of at least 4 members (excludes halogenated alkanes) is 1. The van der Waals surface area contributed by atoms with Gasteiger partial charge in [-0.15, -0.1) is 11.3 Å². The molecule has 144 valence electrons. The first-order valence-corrected chi connectivity index (χ1v) is 10.4. The van der Waals surface area contributed by atoms with Crippen molar-refractivity contribution >= 4 is 17.3 Å². The number of aliphatic carboxylic acids is 1. The number of aliphatic hydroxyl groups excluding tert-OH is 2. The van der Waals surface area contributed by atoms with Gasteiger partial charge in [0.25, 0.3) is 0 Å². The standard InChI is InChI=1S/C21H30O4S/c22-17(12-13-18-6-5-15-26-18)11-9-16-10-14-20(23)19(16)7-3-1-2-4-8-21(24)25/h1,3,5-6,9,11,15-17,19-20,22-23H,2,4,7-8,10,12-14H2,(H,24,25)/t16-,17+,19+,20?/m0/s1. The van der Waals surface area contributed by atoms with Crippen molar-refractivity contribution in [1.82, 2.24) is 0 Å². The van der Waals surface area contributed by atoms with E-state index < -0.39 is 12.1 Å². The van der Waals surface area contributed by atoms with Crippen molar-refractivity contribution in [2.24, 2.45) is 11.8 Å². The third kappa shape index (κ3) is 7.44. The first-order chi connectivity index (χ1) is 12.6. The highest BCUT2D eigenvalue weighted by Crippen LogP contribution is 2.36. The van der Waals surface area contributed by atoms with E-state index in [9.17, 15) is 15.0 Å². The molecule has 1 saturated carbocycles. The number of aryl methyl sites for hydroxylation is 1. The van der Waals surface area contributed by atoms with Crippen molar-refractivity contribution in [1.29, 1.82) is 0 Å². The summed E-state index contributed by atoms with van der Waals surface area (Å²) in [5.74, 6) is -0.274. The smallest absolute Gasteiger partial charge is 0.303 e. The summed E-state index contributed by atoms with van der Waals surface area (Å²) < 4.78 is 0. The molecule has 4 atom stereocenters. The first-order valence-electron chi connectivity index (χ1n) is 9.50. The van der Waals surface area contributed by atoms with Gasteiger partial charge in [-0.05, 0) is 68.2 Å². The number of carboxylic acid groups (broad SMARTS) is 1. The van der Waals surface area contributed by atoms with Crippen molar-refractivity contribution in [3.05, 3.63) is 46.7 Å². The fourth-order valence-corrected chi connectivity index (χ4v) is 4.23. The van der Waals surface area contributed by atoms with Crippen LogP contribution in [0.15, 0.2) is 41.8 Å². The molecule has 0 spiro atoms. The van der Waals surface area contributed by atoms with Crippen molar-refractivity contribution in [3.8, 4) is 0 Å². The Hall–Kier alpha value is -1.43. The van der Waals surface area contributed by atoms with Crippen molar-refractivity contribution in [2.45, 2.75) is 63.6 Å². The Morgan fingerprint density at radius 2 is 2.19 bits per heavy atom. The van der Waals surface area contributed by atoms with E-state index in [1.807, 2.05) is 18.2 Å². The lowest BCUT2D eigenvalue weighted by Crippen LogP contribution is -2.17. The lowest BCUT2D eigenvalue weighted by Gasteiger charge is -2.18. The minimum absolute atomic E-state index is 0.187. The van der Waals surface area contributed by atoms with Gasteiger partial charge in [0, 0.05) is 11.3 Å². The van der Waals surface area contributed by atoms with Crippen LogP contribution in [0.4, 0.5) is 0 Å². The molecule has 1 unspecified atom stereocenters. The van der Waals surface area contributed by atoms with Crippen LogP contribution in [0.1, 0.15) is 49.8 Å². The van der Waals surface area contributed by atoms with Crippen LogP contribution in [0.3, 0.4) is 0 Å². The van der Waals surface area contributed by atoms with Gasteiger partial charge in [0.1, 0.15) is 0 Å². The second-order valence-electron chi connectivity index (χ2n) is 7.04. The molecule has 0 aromatic carbocycles. The molecule has 0 radical (unpaired) electrons. The fourth-order valence-electron chi connectivity index (χ4n) is 3.50. The number of hydrogen-bond acceptors (Lipinski definition) is 4. The van der Waals surface area contributed by atoms with Crippen LogP contribution in [0.25, 0.3) is 0 Å². The molecule has 1 heterocycles. The number of allylic oxidation sites excluding steroid dienone is 3. The number of aliphatic hydroxyl groups is 2. The van der Waals surface area contributed by atoms with Gasteiger partial charge in [0.2, 0.25) is 0 Å². The molecule has 1 fully saturated rings. The van der Waals surface area contributed by atoms with Crippen LogP contribution in [0, 0.1) is 11.8 Å². The maximum absolute atomic E-state index is 10.5. The summed E-state index contributed by atoms with van der Waals surface area (Å²) in [7, 11) is 0. The summed E-state index contributed by atoms with van der Waals surface area (Å²) in [6.45, 7) is 0. The molecule has 26 heavy (non-hydrogen) atoms. The highest BCUT2D eigenvalue weighted by molar-refractivity contribution is 7.09. The van der Waals surface area contributed by atoms with Crippen molar-refractivity contribution in [2.75, 3.05) is 0 Å². The van der Waals surface area contributed by atoms with E-state index in [1.165, 1.54) is 4.88 Å². The molecular weight excluding hydrogens is 348 g/mol. The average Bonchev–Trinajstić information content (AvgIpc) is 3.24. The van der Waals surface area contributed by atoms with Gasteiger partial charge in [-0.2, -0.15) is 0 Å². The van der Waals surface area contributed by atoms with Crippen LogP contribution in [0.2, 0.25) is 0 Å². The maximum atomic E-state index is 10.5. The highest BCUT2D eigenvalue weighted by Gasteiger charge is 2.32. The van der Waals surface area contributed by atoms with Gasteiger partial charge in [0.15, 0.2) is 0 Å². The number of hydrogen-bond donors (Lipinski definition) is 3. The maximum Gasteiger partial charge on any atom is 0.303 e. The van der Waals surface area contributed by atoms with E-state index >= 15 is 0 Å². The van der Waals surface area contributed by atoms with E-state index in [2.05, 4.69) is 23.6 Å². The minimum Gasteiger partial charge on any atom is -0.481 e. The average molecular weight is 379 g/mol. The third-order valence-electron chi connectivity index (χ3n) is 5.02. The van der Waals surface area contributed by atoms with E-state index in [0.29, 0.717) is 12.3 Å². The number of carbonyl (C=O) groups is 1. The zero-order valence-corrected chi connectivity index (χ0v) is 16.0. The zero-order valence-electron chi connectivity index (χ0n) is 15.2. The number of rotatable bonds is 11. The van der Waals surface area contributed by atoms with Crippen LogP contribution in [0.5, 0.6) is 0 Å². The molecule has 5 heteroatoms. The summed E-state index contributed by atoms with van der Waals surface area (Å²) in [6, 6.07) is 4.12. The monoisotopic (exact) mass is 378 g/mol. The highest BCUT2D eigenvalue weighted by atomic mass is 32.1. The Morgan fingerprint density at radius 3 is 2.92 bits per heavy atom. The topological polar surface area (TPSA) is 77.8 Å². The largest absolute Gasteiger partial charge is 0.481 e. The summed E-state index contributed by atoms with van der Waals surface area (Å²) >= 11 is 1.72. The van der Waals surface area contributed by atoms with E-state index in [0.717, 1.165) is 38.5 Å². The lowest BCUT2D eigenvalue weighted by atomic mass is 9.90. The first kappa shape index (κ1) is 20.9. The van der Waals surface area contributed by atoms with Gasteiger partial charge in [-0.3, -0.25) is 4.79 Å². The molecule has 4 nitrogen and oxygen atoms in total. The Balaban J connectivity index is 1.73. The molecule has 1 aliphatic carbocycles. The Kier molecular flexibility index (Phi) is 9.09. The predicted molar refractivity (Wildman–Crippen MR) is 105 cm³/mol. The van der Waals surface area contributed by atoms with Crippen molar-refractivity contribution in [3.63, 3.8) is 0 Å². The van der Waals surface area contributed by atoms with Gasteiger partial charge < -0.3 is 15.3 Å². The quantitative estimate of drug-likeness (QED) is 0.399. The summed E-state index contributed by atoms with van der Waals surface area (Å²) in [4.78, 5) is 11.8. The van der Waals surface area contributed by atoms with E-state index in [-0.39, 0.29) is 18.4 Å². The normalized spacial score (nSPS) is 24.6. The SMILES string of the molecule is O=C(O)CCCC=CC[C@H]1C(O)CC[C@@H]1C=C[C@@H](O)CCc1cccs1. The van der Waals surface area contributed by atoms with E-state index in [4.69, 9.17) is 5.11 Å². The van der Waals surface area contributed by atoms with E-state index in [1.54, 1.807) is 11.3 Å². The molecule has 0 amide bonds. The molecule has 1 aliphatic rings. The second-order valence-corrected chi connectivity index (χ2v) is 8.07. The molecule has 2 rings (SSSR count). The Morgan fingerprint density at radius 1 is 1.35 bits per heavy atom. The van der Waals surface area contributed by atoms with Crippen LogP contribution in [-0.2, 0) is 11.2 Å². The second kappa shape index (κ2) is 11.3. The minimum atomic E-state index is -0.757. The summed E-state index contributed by atoms with van der Waals surface area (Å²) in [5, 5.41) is 31.1. The zero-order chi connectivity index (χ0) is 18.8. The van der Waals surface area contributed by atoms with Gasteiger partial charge in [-0.1, -0.05) is 30.4 Å². The molecule has 1 aromatic rings. The predicted octanol–water partition coefficient (Wildman–Crippen LogP) is 4.19. The van der Waals surface area contributed by atoms with Crippen molar-refractivity contribution < 1.29 is 20.1 Å². The molecule has 0 aliphatic heterocycles. The van der Waals surface area contributed by atoms with Crippen LogP contribution < -0.4 is 0 Å². The number of thiophene rings is 1. The fraction of sp³-hybridized carbons (Fsp3) is 0.571. The molecule has 1 aromatic heterocycles. The van der Waals surface area contributed by atoms with Gasteiger partial charge in [-0.25, -0.2) is 0 Å².